The highest BCUT2D eigenvalue weighted by atomic mass is 127. The largest absolute Gasteiger partial charge is 0.496 e. The Bertz CT molecular complexity index is 1460. The van der Waals surface area contributed by atoms with Crippen LogP contribution < -0.4 is 15.7 Å². The lowest BCUT2D eigenvalue weighted by Gasteiger charge is -2.12. The third-order valence-corrected chi connectivity index (χ3v) is 6.15. The second-order valence-corrected chi connectivity index (χ2v) is 8.77. The minimum absolute atomic E-state index is 0.0292. The number of hydrogen-bond donors (Lipinski definition) is 2. The number of benzene rings is 3. The van der Waals surface area contributed by atoms with Gasteiger partial charge in [-0.15, -0.1) is 5.10 Å². The molecule has 35 heavy (non-hydrogen) atoms. The number of carbonyl (C=O) groups excluding carboxylic acids is 1. The molecular weight excluding hydrogens is 600 g/mol. The monoisotopic (exact) mass is 614 g/mol. The van der Waals surface area contributed by atoms with Gasteiger partial charge in [0.1, 0.15) is 5.75 Å². The fourth-order valence-electron chi connectivity index (χ4n) is 3.31. The van der Waals surface area contributed by atoms with Crippen LogP contribution in [0.1, 0.15) is 15.9 Å². The molecule has 3 aromatic carbocycles. The number of methoxy groups -OCH3 is 1. The van der Waals surface area contributed by atoms with Crippen LogP contribution >= 0.6 is 34.2 Å². The zero-order chi connectivity index (χ0) is 25.3. The molecule has 0 aliphatic carbocycles. The summed E-state index contributed by atoms with van der Waals surface area (Å²) in [5.74, 6) is -0.334. The number of rotatable bonds is 5. The molecule has 0 fully saturated rings. The first kappa shape index (κ1) is 24.8. The first-order valence-corrected chi connectivity index (χ1v) is 11.3. The Kier molecular flexibility index (Phi) is 6.90. The Hall–Kier alpha value is -3.32. The molecule has 0 saturated heterocycles. The molecule has 0 saturated carbocycles. The first-order chi connectivity index (χ1) is 16.6. The standard InChI is InChI=1S/C23H15ClF3IN4O3/c1-35-18-11-14(32-22(34)30-20(31-32)19-16(24)6-3-7-17(19)28)8-9-15(18)21(33)29-13-5-2-4-12(10-13)23(25,26)27/h2-11H,1H3,(H,29,33)(H,30,31,34). The van der Waals surface area contributed by atoms with Crippen LogP contribution in [0, 0.1) is 3.57 Å². The lowest BCUT2D eigenvalue weighted by atomic mass is 10.1. The summed E-state index contributed by atoms with van der Waals surface area (Å²) >= 11 is 8.35. The van der Waals surface area contributed by atoms with Crippen molar-refractivity contribution in [1.82, 2.24) is 14.8 Å². The molecule has 0 atom stereocenters. The van der Waals surface area contributed by atoms with Crippen LogP contribution in [0.25, 0.3) is 17.1 Å². The number of amides is 1. The topological polar surface area (TPSA) is 89.0 Å². The van der Waals surface area contributed by atoms with Gasteiger partial charge in [0.15, 0.2) is 5.82 Å². The highest BCUT2D eigenvalue weighted by Gasteiger charge is 2.30. The molecule has 1 aromatic heterocycles. The zero-order valence-electron chi connectivity index (χ0n) is 17.8. The number of ether oxygens (including phenoxy) is 1. The second kappa shape index (κ2) is 9.74. The second-order valence-electron chi connectivity index (χ2n) is 7.20. The molecule has 12 heteroatoms. The van der Waals surface area contributed by atoms with Gasteiger partial charge in [-0.25, -0.2) is 4.79 Å². The average Bonchev–Trinajstić information content (AvgIpc) is 3.19. The molecule has 1 amide bonds. The summed E-state index contributed by atoms with van der Waals surface area (Å²) in [6.45, 7) is 0. The summed E-state index contributed by atoms with van der Waals surface area (Å²) in [6.07, 6.45) is -4.54. The number of anilines is 1. The number of H-pyrrole nitrogens is 1. The molecule has 0 aliphatic heterocycles. The maximum Gasteiger partial charge on any atom is 0.416 e. The summed E-state index contributed by atoms with van der Waals surface area (Å²) < 4.78 is 46.1. The minimum atomic E-state index is -4.54. The Balaban J connectivity index is 1.65. The third kappa shape index (κ3) is 5.20. The van der Waals surface area contributed by atoms with Gasteiger partial charge < -0.3 is 10.1 Å². The molecule has 180 valence electrons. The highest BCUT2D eigenvalue weighted by molar-refractivity contribution is 14.1. The maximum atomic E-state index is 13.0. The van der Waals surface area contributed by atoms with Crippen molar-refractivity contribution >= 4 is 45.8 Å². The van der Waals surface area contributed by atoms with Gasteiger partial charge in [0, 0.05) is 15.3 Å². The van der Waals surface area contributed by atoms with Crippen molar-refractivity contribution in [3.63, 3.8) is 0 Å². The quantitative estimate of drug-likeness (QED) is 0.280. The minimum Gasteiger partial charge on any atom is -0.496 e. The average molecular weight is 615 g/mol. The van der Waals surface area contributed by atoms with E-state index in [0.717, 1.165) is 20.4 Å². The lowest BCUT2D eigenvalue weighted by Crippen LogP contribution is -2.17. The van der Waals surface area contributed by atoms with Crippen LogP contribution in [0.2, 0.25) is 5.02 Å². The summed E-state index contributed by atoms with van der Waals surface area (Å²) in [7, 11) is 1.32. The van der Waals surface area contributed by atoms with E-state index in [2.05, 4.69) is 38.0 Å². The smallest absolute Gasteiger partial charge is 0.416 e. The number of halogens is 5. The molecule has 2 N–H and O–H groups in total. The van der Waals surface area contributed by atoms with Gasteiger partial charge in [0.2, 0.25) is 0 Å². The van der Waals surface area contributed by atoms with E-state index < -0.39 is 23.3 Å². The fraction of sp³-hybridized carbons (Fsp3) is 0.0870. The van der Waals surface area contributed by atoms with E-state index in [-0.39, 0.29) is 22.8 Å². The van der Waals surface area contributed by atoms with E-state index in [0.29, 0.717) is 16.3 Å². The molecule has 4 aromatic rings. The molecule has 0 radical (unpaired) electrons. The number of carbonyl (C=O) groups is 1. The number of alkyl halides is 3. The van der Waals surface area contributed by atoms with Crippen molar-refractivity contribution < 1.29 is 22.7 Å². The van der Waals surface area contributed by atoms with E-state index in [4.69, 9.17) is 16.3 Å². The van der Waals surface area contributed by atoms with E-state index in [1.807, 2.05) is 6.07 Å². The number of hydrogen-bond acceptors (Lipinski definition) is 4. The van der Waals surface area contributed by atoms with Gasteiger partial charge in [-0.1, -0.05) is 23.7 Å². The highest BCUT2D eigenvalue weighted by Crippen LogP contribution is 2.32. The normalized spacial score (nSPS) is 11.4. The van der Waals surface area contributed by atoms with Crippen molar-refractivity contribution in [2.24, 2.45) is 0 Å². The van der Waals surface area contributed by atoms with E-state index >= 15 is 0 Å². The molecule has 0 aliphatic rings. The Morgan fingerprint density at radius 3 is 2.57 bits per heavy atom. The van der Waals surface area contributed by atoms with Gasteiger partial charge in [-0.3, -0.25) is 9.78 Å². The predicted molar refractivity (Wildman–Crippen MR) is 133 cm³/mol. The SMILES string of the molecule is COc1cc(-n2nc(-c3c(Cl)cccc3I)[nH]c2=O)ccc1C(=O)Nc1cccc(C(F)(F)F)c1. The third-order valence-electron chi connectivity index (χ3n) is 4.94. The van der Waals surface area contributed by atoms with Gasteiger partial charge in [0.05, 0.1) is 34.5 Å². The summed E-state index contributed by atoms with van der Waals surface area (Å²) in [5, 5.41) is 7.16. The van der Waals surface area contributed by atoms with Crippen LogP contribution in [-0.4, -0.2) is 27.8 Å². The van der Waals surface area contributed by atoms with Crippen LogP contribution in [0.15, 0.2) is 65.5 Å². The fourth-order valence-corrected chi connectivity index (χ4v) is 4.48. The van der Waals surface area contributed by atoms with Crippen LogP contribution in [0.4, 0.5) is 18.9 Å². The number of nitrogens with one attached hydrogen (secondary N) is 2. The lowest BCUT2D eigenvalue weighted by molar-refractivity contribution is -0.137. The van der Waals surface area contributed by atoms with Crippen molar-refractivity contribution in [3.05, 3.63) is 90.9 Å². The molecular formula is C23H15ClF3IN4O3. The number of aromatic nitrogens is 3. The molecule has 4 rings (SSSR count). The summed E-state index contributed by atoms with van der Waals surface area (Å²) in [4.78, 5) is 28.0. The van der Waals surface area contributed by atoms with Gasteiger partial charge >= 0.3 is 11.9 Å². The van der Waals surface area contributed by atoms with Gasteiger partial charge in [0.25, 0.3) is 5.91 Å². The van der Waals surface area contributed by atoms with Gasteiger partial charge in [-0.2, -0.15) is 17.9 Å². The molecule has 0 unspecified atom stereocenters. The van der Waals surface area contributed by atoms with Crippen molar-refractivity contribution in [2.45, 2.75) is 6.18 Å². The first-order valence-electron chi connectivity index (χ1n) is 9.89. The van der Waals surface area contributed by atoms with Crippen molar-refractivity contribution in [2.75, 3.05) is 12.4 Å². The Morgan fingerprint density at radius 2 is 1.89 bits per heavy atom. The summed E-state index contributed by atoms with van der Waals surface area (Å²) in [6, 6.07) is 13.8. The van der Waals surface area contributed by atoms with Gasteiger partial charge in [-0.05, 0) is 65.1 Å². The van der Waals surface area contributed by atoms with Crippen LogP contribution in [0.3, 0.4) is 0 Å². The van der Waals surface area contributed by atoms with Crippen molar-refractivity contribution in [1.29, 1.82) is 0 Å². The Morgan fingerprint density at radius 1 is 1.14 bits per heavy atom. The van der Waals surface area contributed by atoms with Crippen LogP contribution in [0.5, 0.6) is 5.75 Å². The molecule has 1 heterocycles. The number of aromatic amines is 1. The van der Waals surface area contributed by atoms with Crippen LogP contribution in [-0.2, 0) is 6.18 Å². The van der Waals surface area contributed by atoms with Crippen molar-refractivity contribution in [3.8, 4) is 22.8 Å². The number of nitrogens with zero attached hydrogens (tertiary/aromatic N) is 2. The maximum absolute atomic E-state index is 13.0. The molecule has 7 nitrogen and oxygen atoms in total. The van der Waals surface area contributed by atoms with E-state index in [1.54, 1.807) is 12.1 Å². The summed E-state index contributed by atoms with van der Waals surface area (Å²) in [5.41, 5.74) is -0.545. The zero-order valence-corrected chi connectivity index (χ0v) is 20.7. The molecule has 0 bridgehead atoms. The van der Waals surface area contributed by atoms with E-state index in [9.17, 15) is 22.8 Å². The Labute approximate surface area is 215 Å². The molecule has 0 spiro atoms. The van der Waals surface area contributed by atoms with E-state index in [1.165, 1.54) is 37.4 Å². The predicted octanol–water partition coefficient (Wildman–Crippen LogP) is 5.77.